The standard InChI is InChI=1S/C19H22N2O2/c1-12(2)19(22,18-10-20-11-21-18)17-8-5-14-9-15(23-4)6-7-16(14)13(17)3/h5-12,22H,1-4H3,(H,20,21). The fourth-order valence-corrected chi connectivity index (χ4v) is 3.22. The van der Waals surface area contributed by atoms with E-state index in [0.717, 1.165) is 27.6 Å². The van der Waals surface area contributed by atoms with E-state index >= 15 is 0 Å². The predicted octanol–water partition coefficient (Wildman–Crippen LogP) is 3.77. The number of nitrogens with one attached hydrogen (secondary N) is 1. The number of aromatic amines is 1. The topological polar surface area (TPSA) is 58.1 Å². The number of nitrogens with zero attached hydrogens (tertiary/aromatic N) is 1. The molecule has 0 aliphatic heterocycles. The molecule has 0 bridgehead atoms. The van der Waals surface area contributed by atoms with Crippen LogP contribution >= 0.6 is 0 Å². The Labute approximate surface area is 136 Å². The molecule has 1 atom stereocenters. The number of hydrogen-bond acceptors (Lipinski definition) is 3. The molecule has 4 nitrogen and oxygen atoms in total. The van der Waals surface area contributed by atoms with Crippen LogP contribution in [0.2, 0.25) is 0 Å². The van der Waals surface area contributed by atoms with Gasteiger partial charge in [-0.1, -0.05) is 32.0 Å². The highest BCUT2D eigenvalue weighted by molar-refractivity contribution is 5.88. The molecule has 0 saturated heterocycles. The monoisotopic (exact) mass is 310 g/mol. The molecule has 1 heterocycles. The van der Waals surface area contributed by atoms with Crippen molar-refractivity contribution in [1.82, 2.24) is 9.97 Å². The van der Waals surface area contributed by atoms with Crippen LogP contribution < -0.4 is 4.74 Å². The van der Waals surface area contributed by atoms with Crippen molar-refractivity contribution in [2.45, 2.75) is 26.4 Å². The first-order valence-electron chi connectivity index (χ1n) is 7.78. The molecule has 0 aliphatic carbocycles. The fraction of sp³-hybridized carbons (Fsp3) is 0.316. The average molecular weight is 310 g/mol. The molecule has 120 valence electrons. The number of aromatic nitrogens is 2. The van der Waals surface area contributed by atoms with Gasteiger partial charge in [-0.25, -0.2) is 4.98 Å². The van der Waals surface area contributed by atoms with Crippen LogP contribution in [0.25, 0.3) is 10.8 Å². The van der Waals surface area contributed by atoms with Gasteiger partial charge in [0.25, 0.3) is 0 Å². The van der Waals surface area contributed by atoms with Crippen molar-refractivity contribution < 1.29 is 9.84 Å². The van der Waals surface area contributed by atoms with Gasteiger partial charge in [-0.15, -0.1) is 0 Å². The second kappa shape index (κ2) is 5.70. The molecular formula is C19H22N2O2. The lowest BCUT2D eigenvalue weighted by atomic mass is 9.78. The van der Waals surface area contributed by atoms with E-state index in [9.17, 15) is 5.11 Å². The Hall–Kier alpha value is -2.33. The predicted molar refractivity (Wildman–Crippen MR) is 91.7 cm³/mol. The maximum atomic E-state index is 11.5. The van der Waals surface area contributed by atoms with Gasteiger partial charge in [-0.05, 0) is 46.9 Å². The first-order valence-corrected chi connectivity index (χ1v) is 7.78. The Balaban J connectivity index is 2.24. The van der Waals surface area contributed by atoms with Gasteiger partial charge in [0.05, 0.1) is 19.1 Å². The molecule has 0 saturated carbocycles. The summed E-state index contributed by atoms with van der Waals surface area (Å²) in [6.07, 6.45) is 3.36. The van der Waals surface area contributed by atoms with Gasteiger partial charge < -0.3 is 14.8 Å². The molecule has 23 heavy (non-hydrogen) atoms. The molecule has 0 fully saturated rings. The summed E-state index contributed by atoms with van der Waals surface area (Å²) in [6, 6.07) is 10.0. The highest BCUT2D eigenvalue weighted by Crippen LogP contribution is 2.39. The van der Waals surface area contributed by atoms with E-state index in [2.05, 4.69) is 9.97 Å². The van der Waals surface area contributed by atoms with Crippen molar-refractivity contribution in [3.8, 4) is 5.75 Å². The van der Waals surface area contributed by atoms with Crippen LogP contribution in [0.1, 0.15) is 30.7 Å². The van der Waals surface area contributed by atoms with Crippen molar-refractivity contribution >= 4 is 10.8 Å². The zero-order valence-corrected chi connectivity index (χ0v) is 13.9. The minimum Gasteiger partial charge on any atom is -0.497 e. The molecule has 0 radical (unpaired) electrons. The van der Waals surface area contributed by atoms with E-state index in [1.807, 2.05) is 51.1 Å². The Bertz CT molecular complexity index is 825. The van der Waals surface area contributed by atoms with Gasteiger partial charge in [0.2, 0.25) is 0 Å². The Kier molecular flexibility index (Phi) is 3.86. The SMILES string of the molecule is COc1ccc2c(C)c(C(O)(c3c[nH]cn3)C(C)C)ccc2c1. The van der Waals surface area contributed by atoms with Crippen LogP contribution in [0.4, 0.5) is 0 Å². The maximum Gasteiger partial charge on any atom is 0.135 e. The van der Waals surface area contributed by atoms with Crippen molar-refractivity contribution in [1.29, 1.82) is 0 Å². The third-order valence-electron chi connectivity index (χ3n) is 4.63. The van der Waals surface area contributed by atoms with Gasteiger partial charge in [-0.3, -0.25) is 0 Å². The number of aryl methyl sites for hydroxylation is 1. The van der Waals surface area contributed by atoms with Crippen molar-refractivity contribution in [3.05, 3.63) is 59.7 Å². The summed E-state index contributed by atoms with van der Waals surface area (Å²) in [6.45, 7) is 6.06. The first kappa shape index (κ1) is 15.6. The molecule has 3 aromatic rings. The van der Waals surface area contributed by atoms with Crippen molar-refractivity contribution in [2.75, 3.05) is 7.11 Å². The maximum absolute atomic E-state index is 11.5. The third kappa shape index (κ3) is 2.39. The summed E-state index contributed by atoms with van der Waals surface area (Å²) in [4.78, 5) is 7.25. The minimum absolute atomic E-state index is 0.0137. The number of ether oxygens (including phenoxy) is 1. The number of imidazole rings is 1. The van der Waals surface area contributed by atoms with E-state index in [4.69, 9.17) is 4.74 Å². The Morgan fingerprint density at radius 1 is 1.22 bits per heavy atom. The van der Waals surface area contributed by atoms with E-state index in [1.54, 1.807) is 19.6 Å². The summed E-state index contributed by atoms with van der Waals surface area (Å²) >= 11 is 0. The van der Waals surface area contributed by atoms with Crippen LogP contribution in [0.5, 0.6) is 5.75 Å². The zero-order chi connectivity index (χ0) is 16.6. The number of methoxy groups -OCH3 is 1. The number of rotatable bonds is 4. The molecule has 3 rings (SSSR count). The number of aliphatic hydroxyl groups is 1. The van der Waals surface area contributed by atoms with E-state index in [1.165, 1.54) is 0 Å². The molecule has 0 spiro atoms. The number of fused-ring (bicyclic) bond motifs is 1. The molecular weight excluding hydrogens is 288 g/mol. The first-order chi connectivity index (χ1) is 11.0. The van der Waals surface area contributed by atoms with Crippen LogP contribution in [0, 0.1) is 12.8 Å². The molecule has 0 amide bonds. The van der Waals surface area contributed by atoms with Crippen LogP contribution in [0.3, 0.4) is 0 Å². The lowest BCUT2D eigenvalue weighted by Gasteiger charge is -2.33. The molecule has 4 heteroatoms. The second-order valence-corrected chi connectivity index (χ2v) is 6.20. The summed E-state index contributed by atoms with van der Waals surface area (Å²) in [7, 11) is 1.66. The van der Waals surface area contributed by atoms with Crippen LogP contribution in [-0.2, 0) is 5.60 Å². The lowest BCUT2D eigenvalue weighted by molar-refractivity contribution is 0.0275. The molecule has 0 aliphatic rings. The summed E-state index contributed by atoms with van der Waals surface area (Å²) in [5.74, 6) is 0.816. The normalized spacial score (nSPS) is 14.2. The second-order valence-electron chi connectivity index (χ2n) is 6.20. The Morgan fingerprint density at radius 2 is 2.00 bits per heavy atom. The highest BCUT2D eigenvalue weighted by Gasteiger charge is 2.38. The summed E-state index contributed by atoms with van der Waals surface area (Å²) < 4.78 is 5.29. The smallest absolute Gasteiger partial charge is 0.135 e. The lowest BCUT2D eigenvalue weighted by Crippen LogP contribution is -2.34. The quantitative estimate of drug-likeness (QED) is 0.771. The summed E-state index contributed by atoms with van der Waals surface area (Å²) in [5.41, 5.74) is 1.46. The summed E-state index contributed by atoms with van der Waals surface area (Å²) in [5, 5.41) is 13.7. The van der Waals surface area contributed by atoms with Gasteiger partial charge in [0.15, 0.2) is 0 Å². The fourth-order valence-electron chi connectivity index (χ4n) is 3.22. The molecule has 1 unspecified atom stereocenters. The molecule has 1 aromatic heterocycles. The van der Waals surface area contributed by atoms with Crippen molar-refractivity contribution in [3.63, 3.8) is 0 Å². The van der Waals surface area contributed by atoms with Gasteiger partial charge in [-0.2, -0.15) is 0 Å². The Morgan fingerprint density at radius 3 is 2.61 bits per heavy atom. The minimum atomic E-state index is -1.13. The average Bonchev–Trinajstić information content (AvgIpc) is 3.08. The van der Waals surface area contributed by atoms with Gasteiger partial charge in [0.1, 0.15) is 11.4 Å². The van der Waals surface area contributed by atoms with E-state index in [0.29, 0.717) is 5.69 Å². The largest absolute Gasteiger partial charge is 0.497 e. The molecule has 2 N–H and O–H groups in total. The number of hydrogen-bond donors (Lipinski definition) is 2. The highest BCUT2D eigenvalue weighted by atomic mass is 16.5. The van der Waals surface area contributed by atoms with E-state index < -0.39 is 5.60 Å². The van der Waals surface area contributed by atoms with E-state index in [-0.39, 0.29) is 5.92 Å². The number of H-pyrrole nitrogens is 1. The third-order valence-corrected chi connectivity index (χ3v) is 4.63. The molecule has 2 aromatic carbocycles. The zero-order valence-electron chi connectivity index (χ0n) is 13.9. The van der Waals surface area contributed by atoms with Crippen LogP contribution in [-0.4, -0.2) is 22.2 Å². The van der Waals surface area contributed by atoms with Gasteiger partial charge >= 0.3 is 0 Å². The van der Waals surface area contributed by atoms with Gasteiger partial charge in [0, 0.05) is 6.20 Å². The number of benzene rings is 2. The van der Waals surface area contributed by atoms with Crippen molar-refractivity contribution in [2.24, 2.45) is 5.92 Å². The van der Waals surface area contributed by atoms with Crippen LogP contribution in [0.15, 0.2) is 42.9 Å².